The molecule has 1 aliphatic carbocycles. The van der Waals surface area contributed by atoms with Crippen molar-refractivity contribution in [3.63, 3.8) is 0 Å². The number of fused-ring (bicyclic) bond motifs is 2. The summed E-state index contributed by atoms with van der Waals surface area (Å²) in [5.41, 5.74) is 1.68. The molecule has 2 saturated heterocycles. The summed E-state index contributed by atoms with van der Waals surface area (Å²) in [4.78, 5) is 16.8. The number of nitrogens with one attached hydrogen (secondary N) is 2. The molecule has 0 radical (unpaired) electrons. The van der Waals surface area contributed by atoms with Crippen LogP contribution in [0.3, 0.4) is 0 Å². The fraction of sp³-hybridized carbons (Fsp3) is 0.541. The van der Waals surface area contributed by atoms with Crippen LogP contribution in [0.25, 0.3) is 32.9 Å². The van der Waals surface area contributed by atoms with Crippen LogP contribution in [-0.4, -0.2) is 69.4 Å². The molecule has 8 rings (SSSR count). The smallest absolute Gasteiger partial charge is 0.319 e. The van der Waals surface area contributed by atoms with Crippen LogP contribution in [0.15, 0.2) is 30.3 Å². The number of ether oxygens (including phenoxy) is 1. The maximum atomic E-state index is 17.1. The van der Waals surface area contributed by atoms with Gasteiger partial charge in [-0.25, -0.2) is 18.2 Å². The van der Waals surface area contributed by atoms with E-state index in [0.29, 0.717) is 65.3 Å². The lowest BCUT2D eigenvalue weighted by atomic mass is 9.89. The topological polar surface area (TPSA) is 75.2 Å². The number of aromatic nitrogens is 3. The Balaban J connectivity index is 1.28. The van der Waals surface area contributed by atoms with Crippen molar-refractivity contribution in [1.29, 1.82) is 0 Å². The molecule has 0 amide bonds. The summed E-state index contributed by atoms with van der Waals surface area (Å²) in [5, 5.41) is 9.56. The summed E-state index contributed by atoms with van der Waals surface area (Å²) in [6.45, 7) is 7.80. The molecule has 10 heteroatoms. The van der Waals surface area contributed by atoms with Gasteiger partial charge in [-0.2, -0.15) is 9.97 Å². The lowest BCUT2D eigenvalue weighted by Gasteiger charge is -2.32. The lowest BCUT2D eigenvalue weighted by molar-refractivity contribution is 0.107. The third-order valence-electron chi connectivity index (χ3n) is 11.1. The highest BCUT2D eigenvalue weighted by atomic mass is 19.1. The van der Waals surface area contributed by atoms with E-state index in [1.807, 2.05) is 25.1 Å². The van der Waals surface area contributed by atoms with Crippen molar-refractivity contribution in [2.75, 3.05) is 25.0 Å². The second-order valence-electron chi connectivity index (χ2n) is 14.3. The molecule has 47 heavy (non-hydrogen) atoms. The van der Waals surface area contributed by atoms with Crippen molar-refractivity contribution in [3.8, 4) is 17.3 Å². The Morgan fingerprint density at radius 1 is 1.11 bits per heavy atom. The molecule has 5 atom stereocenters. The third kappa shape index (κ3) is 5.32. The Bertz CT molecular complexity index is 1850. The van der Waals surface area contributed by atoms with E-state index < -0.39 is 17.5 Å². The number of benzene rings is 2. The minimum absolute atomic E-state index is 0.0108. The lowest BCUT2D eigenvalue weighted by Crippen LogP contribution is -2.48. The van der Waals surface area contributed by atoms with Gasteiger partial charge in [0.15, 0.2) is 5.82 Å². The summed E-state index contributed by atoms with van der Waals surface area (Å²) < 4.78 is 53.0. The Morgan fingerprint density at radius 2 is 1.96 bits per heavy atom. The maximum absolute atomic E-state index is 17.1. The van der Waals surface area contributed by atoms with Gasteiger partial charge in [-0.15, -0.1) is 0 Å². The van der Waals surface area contributed by atoms with E-state index in [1.54, 1.807) is 6.07 Å². The SMILES string of the molecule is CCc1c(F)ccc2cccc(-c3nc4c5c(nc(OC[C@@]67CCCN6C[C@H](F)C7)nc5c3F)N[C@@H]([C@H](CC)NC3CC3)[C@H](C)C4)c12. The zero-order chi connectivity index (χ0) is 32.4. The zero-order valence-electron chi connectivity index (χ0n) is 27.4. The highest BCUT2D eigenvalue weighted by molar-refractivity contribution is 6.01. The van der Waals surface area contributed by atoms with Gasteiger partial charge in [0.2, 0.25) is 0 Å². The predicted octanol–water partition coefficient (Wildman–Crippen LogP) is 7.14. The van der Waals surface area contributed by atoms with Crippen LogP contribution >= 0.6 is 0 Å². The van der Waals surface area contributed by atoms with Gasteiger partial charge in [-0.05, 0) is 79.8 Å². The molecular weight excluding hydrogens is 601 g/mol. The molecule has 248 valence electrons. The van der Waals surface area contributed by atoms with E-state index in [4.69, 9.17) is 19.7 Å². The van der Waals surface area contributed by atoms with Gasteiger partial charge in [0, 0.05) is 36.7 Å². The minimum atomic E-state index is -0.887. The highest BCUT2D eigenvalue weighted by Crippen LogP contribution is 2.42. The van der Waals surface area contributed by atoms with E-state index in [0.717, 1.165) is 31.2 Å². The molecule has 1 saturated carbocycles. The fourth-order valence-electron chi connectivity index (χ4n) is 8.60. The fourth-order valence-corrected chi connectivity index (χ4v) is 8.60. The minimum Gasteiger partial charge on any atom is -0.461 e. The molecule has 3 aliphatic heterocycles. The number of aryl methyl sites for hydroxylation is 1. The Morgan fingerprint density at radius 3 is 2.74 bits per heavy atom. The molecular formula is C37H43F3N6O. The van der Waals surface area contributed by atoms with Crippen molar-refractivity contribution < 1.29 is 17.9 Å². The molecule has 2 N–H and O–H groups in total. The van der Waals surface area contributed by atoms with Gasteiger partial charge in [0.05, 0.1) is 16.6 Å². The standard InChI is InChI=1S/C37H43F3N6O/c1-4-24-26(39)13-10-21-8-6-9-25(29(21)24)33-31(40)34-30-28(42-33)16-20(3)32(27(5-2)41-23-11-12-23)43-35(30)45-36(44-34)47-19-37-14-7-15-46(37)18-22(38)17-37/h6,8-10,13,20,22-23,27,32,41H,4-5,7,11-12,14-19H2,1-3H3,(H,43,44,45)/t20-,22-,27+,32-,37+/m1/s1. The number of pyridine rings is 1. The predicted molar refractivity (Wildman–Crippen MR) is 179 cm³/mol. The van der Waals surface area contributed by atoms with E-state index in [2.05, 4.69) is 29.4 Å². The van der Waals surface area contributed by atoms with Crippen molar-refractivity contribution in [2.45, 2.75) is 102 Å². The van der Waals surface area contributed by atoms with Gasteiger partial charge >= 0.3 is 6.01 Å². The first-order valence-corrected chi connectivity index (χ1v) is 17.4. The molecule has 3 fully saturated rings. The van der Waals surface area contributed by atoms with Gasteiger partial charge in [0.1, 0.15) is 35.6 Å². The van der Waals surface area contributed by atoms with Crippen LogP contribution in [-0.2, 0) is 12.8 Å². The number of halogens is 3. The summed E-state index contributed by atoms with van der Waals surface area (Å²) in [6.07, 6.45) is 5.69. The Hall–Kier alpha value is -3.50. The van der Waals surface area contributed by atoms with Crippen LogP contribution in [0, 0.1) is 17.6 Å². The van der Waals surface area contributed by atoms with Crippen LogP contribution < -0.4 is 15.4 Å². The summed E-state index contributed by atoms with van der Waals surface area (Å²) in [7, 11) is 0. The normalized spacial score (nSPS) is 26.4. The van der Waals surface area contributed by atoms with Crippen LogP contribution in [0.5, 0.6) is 6.01 Å². The molecule has 7 nitrogen and oxygen atoms in total. The number of rotatable bonds is 9. The Kier molecular flexibility index (Phi) is 7.79. The maximum Gasteiger partial charge on any atom is 0.319 e. The second kappa shape index (κ2) is 11.9. The van der Waals surface area contributed by atoms with Gasteiger partial charge in [-0.3, -0.25) is 4.90 Å². The van der Waals surface area contributed by atoms with Crippen molar-refractivity contribution in [2.24, 2.45) is 5.92 Å². The average Bonchev–Trinajstić information content (AvgIpc) is 3.75. The van der Waals surface area contributed by atoms with Crippen LogP contribution in [0.2, 0.25) is 0 Å². The van der Waals surface area contributed by atoms with Crippen molar-refractivity contribution in [1.82, 2.24) is 25.2 Å². The van der Waals surface area contributed by atoms with E-state index in [1.165, 1.54) is 18.9 Å². The quantitative estimate of drug-likeness (QED) is 0.201. The second-order valence-corrected chi connectivity index (χ2v) is 14.3. The number of nitrogens with zero attached hydrogens (tertiary/aromatic N) is 4. The van der Waals surface area contributed by atoms with Crippen molar-refractivity contribution in [3.05, 3.63) is 53.2 Å². The number of alkyl halides is 1. The van der Waals surface area contributed by atoms with E-state index in [-0.39, 0.29) is 47.6 Å². The average molecular weight is 645 g/mol. The first-order chi connectivity index (χ1) is 22.8. The molecule has 0 bridgehead atoms. The third-order valence-corrected chi connectivity index (χ3v) is 11.1. The summed E-state index contributed by atoms with van der Waals surface area (Å²) in [6, 6.07) is 9.59. The summed E-state index contributed by atoms with van der Waals surface area (Å²) in [5.74, 6) is -0.250. The van der Waals surface area contributed by atoms with Gasteiger partial charge in [-0.1, -0.05) is 45.0 Å². The van der Waals surface area contributed by atoms with Gasteiger partial charge < -0.3 is 15.4 Å². The molecule has 4 aromatic rings. The molecule has 0 unspecified atom stereocenters. The van der Waals surface area contributed by atoms with Crippen molar-refractivity contribution >= 4 is 27.5 Å². The molecule has 5 heterocycles. The van der Waals surface area contributed by atoms with E-state index in [9.17, 15) is 4.39 Å². The molecule has 0 spiro atoms. The Labute approximate surface area is 273 Å². The number of hydrogen-bond acceptors (Lipinski definition) is 7. The first kappa shape index (κ1) is 30.8. The van der Waals surface area contributed by atoms with Crippen LogP contribution in [0.4, 0.5) is 19.0 Å². The number of hydrogen-bond donors (Lipinski definition) is 2. The van der Waals surface area contributed by atoms with E-state index >= 15 is 8.78 Å². The molecule has 2 aromatic heterocycles. The number of anilines is 1. The largest absolute Gasteiger partial charge is 0.461 e. The first-order valence-electron chi connectivity index (χ1n) is 17.4. The summed E-state index contributed by atoms with van der Waals surface area (Å²) >= 11 is 0. The zero-order valence-corrected chi connectivity index (χ0v) is 27.4. The molecule has 2 aromatic carbocycles. The van der Waals surface area contributed by atoms with Gasteiger partial charge in [0.25, 0.3) is 0 Å². The molecule has 4 aliphatic rings. The monoisotopic (exact) mass is 644 g/mol. The van der Waals surface area contributed by atoms with Crippen LogP contribution in [0.1, 0.15) is 70.6 Å². The highest BCUT2D eigenvalue weighted by Gasteiger charge is 2.49.